The summed E-state index contributed by atoms with van der Waals surface area (Å²) in [5, 5.41) is 7.19. The number of nitrogens with zero attached hydrogens (tertiary/aromatic N) is 5. The molecule has 0 saturated carbocycles. The van der Waals surface area contributed by atoms with Gasteiger partial charge in [-0.05, 0) is 26.2 Å². The van der Waals surface area contributed by atoms with Crippen LogP contribution in [0.25, 0.3) is 11.4 Å². The van der Waals surface area contributed by atoms with Gasteiger partial charge in [0.15, 0.2) is 15.7 Å². The van der Waals surface area contributed by atoms with Crippen molar-refractivity contribution in [1.82, 2.24) is 24.6 Å². The normalized spacial score (nSPS) is 20.9. The number of piperidine rings is 1. The molecule has 1 atom stereocenters. The van der Waals surface area contributed by atoms with E-state index in [9.17, 15) is 18.0 Å². The third-order valence-electron chi connectivity index (χ3n) is 5.82. The van der Waals surface area contributed by atoms with Gasteiger partial charge in [0.05, 0.1) is 12.3 Å². The Kier molecular flexibility index (Phi) is 6.56. The van der Waals surface area contributed by atoms with Crippen molar-refractivity contribution < 1.29 is 18.0 Å². The summed E-state index contributed by atoms with van der Waals surface area (Å²) < 4.78 is 25.1. The molecule has 0 radical (unpaired) electrons. The second-order valence-electron chi connectivity index (χ2n) is 8.16. The maximum absolute atomic E-state index is 13.1. The average molecular weight is 461 g/mol. The molecule has 2 amide bonds. The molecule has 2 saturated heterocycles. The largest absolute Gasteiger partial charge is 0.330 e. The third kappa shape index (κ3) is 4.99. The number of carbonyl (C=O) groups is 2. The van der Waals surface area contributed by atoms with Crippen molar-refractivity contribution in [2.45, 2.75) is 38.8 Å². The first-order chi connectivity index (χ1) is 15.4. The zero-order chi connectivity index (χ0) is 22.7. The van der Waals surface area contributed by atoms with Crippen LogP contribution in [0.15, 0.2) is 30.3 Å². The van der Waals surface area contributed by atoms with E-state index < -0.39 is 15.9 Å². The lowest BCUT2D eigenvalue weighted by atomic mass is 10.0. The number of aryl methyl sites for hydroxylation is 1. The van der Waals surface area contributed by atoms with Crippen molar-refractivity contribution >= 4 is 27.6 Å². The fourth-order valence-electron chi connectivity index (χ4n) is 4.19. The van der Waals surface area contributed by atoms with E-state index in [4.69, 9.17) is 0 Å². The zero-order valence-corrected chi connectivity index (χ0v) is 18.9. The molecule has 2 aromatic rings. The minimum Gasteiger partial charge on any atom is -0.330 e. The van der Waals surface area contributed by atoms with E-state index in [0.29, 0.717) is 31.9 Å². The van der Waals surface area contributed by atoms with Gasteiger partial charge in [0.25, 0.3) is 0 Å². The fraction of sp³-hybridized carbons (Fsp3) is 0.524. The van der Waals surface area contributed by atoms with E-state index in [1.807, 2.05) is 37.3 Å². The predicted octanol–water partition coefficient (Wildman–Crippen LogP) is 0.973. The molecule has 32 heavy (non-hydrogen) atoms. The standard InChI is InChI=1S/C21H28N6O4S/c1-2-27-19(16-8-4-3-5-9-16)22-21(24-27)23-20(29)17-10-6-7-11-26(17)18(28)14-25-12-13-32(30,31)15-25/h3-5,8-9,17H,2,6-7,10-15H2,1H3,(H,23,24,29)/t17-/m0/s1. The lowest BCUT2D eigenvalue weighted by Crippen LogP contribution is -2.52. The highest BCUT2D eigenvalue weighted by Gasteiger charge is 2.35. The van der Waals surface area contributed by atoms with Gasteiger partial charge in [0, 0.05) is 25.2 Å². The Bertz CT molecular complexity index is 1080. The van der Waals surface area contributed by atoms with Crippen molar-refractivity contribution in [3.63, 3.8) is 0 Å². The van der Waals surface area contributed by atoms with Gasteiger partial charge in [-0.1, -0.05) is 30.3 Å². The van der Waals surface area contributed by atoms with Gasteiger partial charge >= 0.3 is 0 Å². The van der Waals surface area contributed by atoms with Crippen LogP contribution in [0.4, 0.5) is 5.95 Å². The lowest BCUT2D eigenvalue weighted by molar-refractivity contribution is -0.141. The number of sulfone groups is 1. The predicted molar refractivity (Wildman–Crippen MR) is 119 cm³/mol. The number of anilines is 1. The highest BCUT2D eigenvalue weighted by Crippen LogP contribution is 2.22. The molecule has 4 rings (SSSR count). The van der Waals surface area contributed by atoms with Gasteiger partial charge in [-0.3, -0.25) is 19.8 Å². The van der Waals surface area contributed by atoms with Crippen LogP contribution in [0.3, 0.4) is 0 Å². The average Bonchev–Trinajstić information content (AvgIpc) is 3.36. The van der Waals surface area contributed by atoms with Crippen LogP contribution >= 0.6 is 0 Å². The molecule has 2 fully saturated rings. The molecule has 2 aliphatic rings. The first-order valence-electron chi connectivity index (χ1n) is 10.9. The van der Waals surface area contributed by atoms with Gasteiger partial charge in [-0.25, -0.2) is 13.1 Å². The van der Waals surface area contributed by atoms with Crippen LogP contribution in [0, 0.1) is 0 Å². The smallest absolute Gasteiger partial charge is 0.249 e. The lowest BCUT2D eigenvalue weighted by Gasteiger charge is -2.35. The number of hydrogen-bond acceptors (Lipinski definition) is 7. The minimum atomic E-state index is -3.11. The number of aromatic nitrogens is 3. The Morgan fingerprint density at radius 1 is 1.16 bits per heavy atom. The SMILES string of the molecule is CCn1nc(NC(=O)[C@@H]2CCCCN2C(=O)CN2CCS(=O)(=O)C2)nc1-c1ccccc1. The van der Waals surface area contributed by atoms with E-state index in [-0.39, 0.29) is 35.9 Å². The highest BCUT2D eigenvalue weighted by atomic mass is 32.2. The van der Waals surface area contributed by atoms with E-state index in [1.165, 1.54) is 0 Å². The van der Waals surface area contributed by atoms with Crippen molar-refractivity contribution in [2.24, 2.45) is 0 Å². The van der Waals surface area contributed by atoms with Gasteiger partial charge in [0.2, 0.25) is 17.8 Å². The topological polar surface area (TPSA) is 117 Å². The number of rotatable bonds is 6. The van der Waals surface area contributed by atoms with Gasteiger partial charge in [-0.2, -0.15) is 4.98 Å². The van der Waals surface area contributed by atoms with Gasteiger partial charge in [0.1, 0.15) is 11.9 Å². The van der Waals surface area contributed by atoms with Gasteiger partial charge in [-0.15, -0.1) is 5.10 Å². The molecule has 1 N–H and O–H groups in total. The van der Waals surface area contributed by atoms with Crippen LogP contribution in [-0.4, -0.2) is 82.1 Å². The van der Waals surface area contributed by atoms with Crippen molar-refractivity contribution in [1.29, 1.82) is 0 Å². The second kappa shape index (κ2) is 9.37. The van der Waals surface area contributed by atoms with E-state index in [2.05, 4.69) is 15.4 Å². The molecule has 3 heterocycles. The van der Waals surface area contributed by atoms with Crippen molar-refractivity contribution in [2.75, 3.05) is 36.6 Å². The molecule has 0 aliphatic carbocycles. The van der Waals surface area contributed by atoms with Crippen LogP contribution in [-0.2, 0) is 26.0 Å². The molecule has 11 heteroatoms. The summed E-state index contributed by atoms with van der Waals surface area (Å²) in [7, 11) is -3.11. The summed E-state index contributed by atoms with van der Waals surface area (Å²) >= 11 is 0. The Balaban J connectivity index is 1.46. The number of amides is 2. The van der Waals surface area contributed by atoms with Crippen molar-refractivity contribution in [3.05, 3.63) is 30.3 Å². The van der Waals surface area contributed by atoms with Crippen molar-refractivity contribution in [3.8, 4) is 11.4 Å². The number of nitrogens with one attached hydrogen (secondary N) is 1. The molecule has 172 valence electrons. The monoisotopic (exact) mass is 460 g/mol. The number of carbonyl (C=O) groups excluding carboxylic acids is 2. The Morgan fingerprint density at radius 3 is 2.62 bits per heavy atom. The van der Waals surface area contributed by atoms with Crippen LogP contribution < -0.4 is 5.32 Å². The molecule has 10 nitrogen and oxygen atoms in total. The van der Waals surface area contributed by atoms with Crippen LogP contribution in [0.5, 0.6) is 0 Å². The van der Waals surface area contributed by atoms with Gasteiger partial charge < -0.3 is 4.90 Å². The minimum absolute atomic E-state index is 0.00385. The summed E-state index contributed by atoms with van der Waals surface area (Å²) in [5.74, 6) is 0.289. The van der Waals surface area contributed by atoms with E-state index in [0.717, 1.165) is 18.4 Å². The van der Waals surface area contributed by atoms with E-state index in [1.54, 1.807) is 14.5 Å². The Morgan fingerprint density at radius 2 is 1.94 bits per heavy atom. The second-order valence-corrected chi connectivity index (χ2v) is 10.3. The van der Waals surface area contributed by atoms with Crippen LogP contribution in [0.1, 0.15) is 26.2 Å². The maximum Gasteiger partial charge on any atom is 0.249 e. The first-order valence-corrected chi connectivity index (χ1v) is 12.7. The van der Waals surface area contributed by atoms with Crippen LogP contribution in [0.2, 0.25) is 0 Å². The maximum atomic E-state index is 13.1. The molecule has 2 aliphatic heterocycles. The Labute approximate surface area is 187 Å². The van der Waals surface area contributed by atoms with E-state index >= 15 is 0 Å². The molecule has 0 bridgehead atoms. The zero-order valence-electron chi connectivity index (χ0n) is 18.1. The fourth-order valence-corrected chi connectivity index (χ4v) is 5.64. The summed E-state index contributed by atoms with van der Waals surface area (Å²) in [6.07, 6.45) is 2.21. The number of benzene rings is 1. The molecular weight excluding hydrogens is 432 g/mol. The molecular formula is C21H28N6O4S. The summed E-state index contributed by atoms with van der Waals surface area (Å²) in [5.41, 5.74) is 0.900. The summed E-state index contributed by atoms with van der Waals surface area (Å²) in [6.45, 7) is 3.37. The first kappa shape index (κ1) is 22.4. The number of hydrogen-bond donors (Lipinski definition) is 1. The molecule has 1 aromatic heterocycles. The highest BCUT2D eigenvalue weighted by molar-refractivity contribution is 7.91. The number of likely N-dealkylation sites (tertiary alicyclic amines) is 1. The molecule has 1 aromatic carbocycles. The Hall–Kier alpha value is -2.79. The molecule has 0 unspecified atom stereocenters. The summed E-state index contributed by atoms with van der Waals surface area (Å²) in [6, 6.07) is 9.00. The third-order valence-corrected chi connectivity index (χ3v) is 7.38. The molecule has 0 spiro atoms. The summed E-state index contributed by atoms with van der Waals surface area (Å²) in [4.78, 5) is 33.6. The quantitative estimate of drug-likeness (QED) is 0.683.